The molecule has 0 bridgehead atoms. The van der Waals surface area contributed by atoms with Crippen molar-refractivity contribution in [1.82, 2.24) is 41.3 Å². The largest absolute Gasteiger partial charge is 0.445 e. The summed E-state index contributed by atoms with van der Waals surface area (Å²) in [7, 11) is 4.53. The summed E-state index contributed by atoms with van der Waals surface area (Å²) >= 11 is 0. The van der Waals surface area contributed by atoms with Gasteiger partial charge in [0.15, 0.2) is 0 Å². The molecule has 27 nitrogen and oxygen atoms in total. The van der Waals surface area contributed by atoms with E-state index in [1.807, 2.05) is 52.8 Å². The number of nitrogens with one attached hydrogen (secondary N) is 6. The van der Waals surface area contributed by atoms with E-state index in [2.05, 4.69) is 31.9 Å². The quantitative estimate of drug-likeness (QED) is 0.0390. The van der Waals surface area contributed by atoms with Gasteiger partial charge in [0.25, 0.3) is 5.91 Å². The van der Waals surface area contributed by atoms with Crippen molar-refractivity contribution in [2.45, 2.75) is 196 Å². The molecule has 0 aliphatic carbocycles. The van der Waals surface area contributed by atoms with Crippen LogP contribution in [0.5, 0.6) is 0 Å². The van der Waals surface area contributed by atoms with E-state index in [0.717, 1.165) is 11.3 Å². The molecule has 0 spiro atoms. The Labute approximate surface area is 586 Å². The molecule has 9 N–H and O–H groups in total. The molecular formula is C72H118N10O17. The summed E-state index contributed by atoms with van der Waals surface area (Å²) in [5, 5.41) is 27.5. The second kappa shape index (κ2) is 44.9. The first-order chi connectivity index (χ1) is 46.9. The van der Waals surface area contributed by atoms with Gasteiger partial charge in [0.2, 0.25) is 41.4 Å². The molecule has 2 aromatic carbocycles. The molecule has 99 heavy (non-hydrogen) atoms. The van der Waals surface area contributed by atoms with Crippen molar-refractivity contribution in [3.63, 3.8) is 0 Å². The van der Waals surface area contributed by atoms with Crippen LogP contribution in [0.1, 0.15) is 163 Å². The number of aliphatic hydroxyl groups is 1. The lowest BCUT2D eigenvalue weighted by Gasteiger charge is -2.40. The Morgan fingerprint density at radius 2 is 1.27 bits per heavy atom. The monoisotopic (exact) mass is 1390 g/mol. The number of amides is 9. The maximum atomic E-state index is 14.8. The predicted octanol–water partition coefficient (Wildman–Crippen LogP) is 5.30. The lowest BCUT2D eigenvalue weighted by Crippen LogP contribution is -2.60. The van der Waals surface area contributed by atoms with Gasteiger partial charge in [0, 0.05) is 88.4 Å². The molecule has 1 aliphatic rings. The van der Waals surface area contributed by atoms with Crippen LogP contribution in [0.25, 0.3) is 0 Å². The second-order valence-electron chi connectivity index (χ2n) is 27.1. The van der Waals surface area contributed by atoms with Crippen LogP contribution >= 0.6 is 0 Å². The number of methoxy groups -OCH3 is 1. The number of hydrogen-bond acceptors (Lipinski definition) is 18. The maximum Gasteiger partial charge on any atom is 0.410 e. The number of likely N-dealkylation sites (tertiary alicyclic amines) is 1. The van der Waals surface area contributed by atoms with Gasteiger partial charge in [-0.15, -0.1) is 0 Å². The molecule has 1 heterocycles. The van der Waals surface area contributed by atoms with Crippen molar-refractivity contribution >= 4 is 64.8 Å². The third kappa shape index (κ3) is 28.8. The number of rotatable bonds is 46. The molecule has 1 fully saturated rings. The first-order valence-corrected chi connectivity index (χ1v) is 35.1. The van der Waals surface area contributed by atoms with E-state index in [9.17, 15) is 53.1 Å². The first-order valence-electron chi connectivity index (χ1n) is 35.1. The minimum absolute atomic E-state index is 0.0139. The molecule has 3 rings (SSSR count). The Morgan fingerprint density at radius 3 is 1.83 bits per heavy atom. The third-order valence-corrected chi connectivity index (χ3v) is 17.8. The lowest BCUT2D eigenvalue weighted by molar-refractivity contribution is -0.146. The molecular weight excluding hydrogens is 1280 g/mol. The summed E-state index contributed by atoms with van der Waals surface area (Å²) < 4.78 is 33.8. The smallest absolute Gasteiger partial charge is 0.410 e. The van der Waals surface area contributed by atoms with Crippen LogP contribution in [0, 0.1) is 35.5 Å². The number of Topliss-reactive ketones (excluding diaryl/α,β-unsaturated/α-hetero) is 1. The van der Waals surface area contributed by atoms with Crippen molar-refractivity contribution in [1.29, 1.82) is 0 Å². The number of likely N-dealkylation sites (N-methyl/N-ethyl adjacent to an activating group) is 2. The van der Waals surface area contributed by atoms with Crippen LogP contribution < -0.4 is 37.6 Å². The molecule has 9 amide bonds. The SMILES string of the molecule is CC[C@H](C)[C@@H]([C@@H](CC(=O)N1CCC[C@H]1C[C@@H](C)C(=O)N[C@H](C)[C@@H](O)c1ccccc1)OC)N(C)C(=O)[C@@H](NC(=O)[C@H](C(C)C)N(C)C(=O)OCc1ccc(NC(=O)[C@H](C)NC(=O)[C@@H](NC(=O)CCOCCOCCOCCOCCC(=O)C(C)C)C(C)C)cc1C(=O)NCCN)C(C)C. The fourth-order valence-corrected chi connectivity index (χ4v) is 11.6. The number of carbonyl (C=O) groups is 10. The summed E-state index contributed by atoms with van der Waals surface area (Å²) in [6, 6.07) is 7.76. The number of ether oxygens (including phenoxy) is 6. The van der Waals surface area contributed by atoms with Gasteiger partial charge in [0.1, 0.15) is 36.6 Å². The average molecular weight is 1400 g/mol. The standard InChI is InChI=1S/C72H118N10O17/c1-17-48(10)64(58(94-16)42-60(85)82-31-21-24-55(82)40-49(11)66(87)75-50(12)65(86)52-22-19-18-20-23-52)80(14)71(92)62(46(6)7)79-70(91)63(47(8)9)81(15)72(93)99-43-53-25-26-54(41-56(53)68(89)74-30-29-73)77-67(88)51(13)76-69(90)61(45(4)5)78-59(84)28-33-96-35-37-98-39-38-97-36-34-95-32-27-57(83)44(2)3/h18-20,22-23,25-26,41,44-51,55,58,61-65,86H,17,21,24,27-40,42-43,73H2,1-16H3,(H,74,89)(H,75,87)(H,76,90)(H,77,88)(H,78,84)(H,79,91)/t48-,49+,50+,51-,55-,58+,61-,62-,63-,64-,65+/m0/s1. The minimum atomic E-state index is -1.15. The summed E-state index contributed by atoms with van der Waals surface area (Å²) in [5.41, 5.74) is 6.83. The van der Waals surface area contributed by atoms with Crippen LogP contribution in [0.2, 0.25) is 0 Å². The Morgan fingerprint density at radius 1 is 0.677 bits per heavy atom. The number of anilines is 1. The van der Waals surface area contributed by atoms with Crippen LogP contribution in [-0.2, 0) is 73.4 Å². The first kappa shape index (κ1) is 86.1. The van der Waals surface area contributed by atoms with Gasteiger partial charge in [-0.3, -0.25) is 48.1 Å². The van der Waals surface area contributed by atoms with Crippen molar-refractivity contribution < 1.29 is 81.5 Å². The highest BCUT2D eigenvalue weighted by Crippen LogP contribution is 2.29. The fourth-order valence-electron chi connectivity index (χ4n) is 11.6. The zero-order valence-corrected chi connectivity index (χ0v) is 61.6. The summed E-state index contributed by atoms with van der Waals surface area (Å²) in [6.45, 7) is 25.9. The zero-order chi connectivity index (χ0) is 74.1. The van der Waals surface area contributed by atoms with Crippen molar-refractivity contribution in [2.75, 3.05) is 99.0 Å². The topological polar surface area (TPSA) is 354 Å². The summed E-state index contributed by atoms with van der Waals surface area (Å²) in [4.78, 5) is 141. The fraction of sp³-hybridized carbons (Fsp3) is 0.694. The van der Waals surface area contributed by atoms with E-state index in [1.54, 1.807) is 77.4 Å². The third-order valence-electron chi connectivity index (χ3n) is 17.8. The number of nitrogens with zero attached hydrogens (tertiary/aromatic N) is 3. The van der Waals surface area contributed by atoms with Gasteiger partial charge in [-0.2, -0.15) is 0 Å². The number of hydrogen-bond donors (Lipinski definition) is 8. The van der Waals surface area contributed by atoms with Crippen LogP contribution in [0.15, 0.2) is 48.5 Å². The predicted molar refractivity (Wildman–Crippen MR) is 375 cm³/mol. The van der Waals surface area contributed by atoms with Crippen LogP contribution in [0.4, 0.5) is 10.5 Å². The van der Waals surface area contributed by atoms with E-state index in [0.29, 0.717) is 70.8 Å². The average Bonchev–Trinajstić information content (AvgIpc) is 1.24. The van der Waals surface area contributed by atoms with Gasteiger partial charge < -0.3 is 81.0 Å². The molecule has 11 atom stereocenters. The zero-order valence-electron chi connectivity index (χ0n) is 61.6. The van der Waals surface area contributed by atoms with Gasteiger partial charge in [0.05, 0.1) is 83.6 Å². The van der Waals surface area contributed by atoms with Crippen molar-refractivity contribution in [3.05, 3.63) is 65.2 Å². The highest BCUT2D eigenvalue weighted by molar-refractivity contribution is 6.01. The molecule has 0 unspecified atom stereocenters. The molecule has 1 aliphatic heterocycles. The minimum Gasteiger partial charge on any atom is -0.445 e. The maximum absolute atomic E-state index is 14.8. The number of ketones is 1. The van der Waals surface area contributed by atoms with E-state index >= 15 is 0 Å². The molecule has 0 saturated carbocycles. The van der Waals surface area contributed by atoms with Gasteiger partial charge in [-0.25, -0.2) is 4.79 Å². The molecule has 2 aromatic rings. The van der Waals surface area contributed by atoms with Crippen molar-refractivity contribution in [3.8, 4) is 0 Å². The normalized spacial score (nSPS) is 16.1. The van der Waals surface area contributed by atoms with Gasteiger partial charge >= 0.3 is 6.09 Å². The Bertz CT molecular complexity index is 2860. The Hall–Kier alpha value is -7.14. The summed E-state index contributed by atoms with van der Waals surface area (Å²) in [6.07, 6.45) is 0.235. The van der Waals surface area contributed by atoms with E-state index in [-0.39, 0.29) is 104 Å². The number of carbonyl (C=O) groups excluding carboxylic acids is 10. The molecule has 1 saturated heterocycles. The lowest BCUT2D eigenvalue weighted by atomic mass is 9.89. The van der Waals surface area contributed by atoms with E-state index < -0.39 is 114 Å². The summed E-state index contributed by atoms with van der Waals surface area (Å²) in [5.74, 6) is -5.51. The van der Waals surface area contributed by atoms with E-state index in [1.165, 1.54) is 39.3 Å². The number of benzene rings is 2. The highest BCUT2D eigenvalue weighted by atomic mass is 16.6. The van der Waals surface area contributed by atoms with Gasteiger partial charge in [-0.1, -0.05) is 119 Å². The molecule has 0 aromatic heterocycles. The van der Waals surface area contributed by atoms with Gasteiger partial charge in [-0.05, 0) is 74.5 Å². The van der Waals surface area contributed by atoms with Crippen LogP contribution in [0.3, 0.4) is 0 Å². The second-order valence-corrected chi connectivity index (χ2v) is 27.1. The Balaban J connectivity index is 1.62. The molecule has 27 heteroatoms. The Kier molecular flexibility index (Phi) is 39.0. The molecule has 558 valence electrons. The van der Waals surface area contributed by atoms with Crippen LogP contribution in [-0.4, -0.2) is 221 Å². The van der Waals surface area contributed by atoms with Crippen molar-refractivity contribution in [2.24, 2.45) is 41.2 Å². The number of aliphatic hydroxyl groups excluding tert-OH is 1. The van der Waals surface area contributed by atoms with E-state index in [4.69, 9.17) is 34.2 Å². The molecule has 0 radical (unpaired) electrons. The number of nitrogens with two attached hydrogens (primary N) is 1. The highest BCUT2D eigenvalue weighted by Gasteiger charge is 2.42.